The number of hydrogen-bond donors (Lipinski definition) is 9. The molecule has 12 N–H and O–H groups in total. The van der Waals surface area contributed by atoms with Crippen molar-refractivity contribution in [2.45, 2.75) is 56.3 Å². The zero-order valence-corrected chi connectivity index (χ0v) is 26.8. The minimum Gasteiger partial charge on any atom is -0.508 e. The Labute approximate surface area is 283 Å². The molecule has 0 aliphatic rings. The molecular formula is C35H42N8O6. The number of carboxylic acids is 1. The highest BCUT2D eigenvalue weighted by molar-refractivity contribution is 5.95. The Balaban J connectivity index is 1.58. The molecule has 258 valence electrons. The number of benzene rings is 3. The maximum Gasteiger partial charge on any atom is 0.326 e. The fourth-order valence-corrected chi connectivity index (χ4v) is 5.33. The number of carbonyl (C=O) groups is 4. The van der Waals surface area contributed by atoms with Gasteiger partial charge in [-0.2, -0.15) is 0 Å². The number of nitrogens with zero attached hydrogens (tertiary/aromatic N) is 1. The maximum absolute atomic E-state index is 14.0. The quantitative estimate of drug-likeness (QED) is 0.0437. The summed E-state index contributed by atoms with van der Waals surface area (Å²) in [5.74, 6) is -3.31. The number of carboxylic acid groups (broad SMARTS) is 1. The maximum atomic E-state index is 14.0. The Morgan fingerprint density at radius 2 is 1.31 bits per heavy atom. The minimum atomic E-state index is -1.28. The monoisotopic (exact) mass is 670 g/mol. The van der Waals surface area contributed by atoms with Gasteiger partial charge in [0.05, 0.1) is 6.04 Å². The summed E-state index contributed by atoms with van der Waals surface area (Å²) in [6.45, 7) is 0.276. The number of phenols is 1. The number of fused-ring (bicyclic) bond motifs is 1. The first kappa shape index (κ1) is 36.0. The molecule has 0 fully saturated rings. The molecule has 1 heterocycles. The SMILES string of the molecule is NC(N)=NCCCC(N)C(=O)NC(Cc1c[nH]c2ccccc12)C(=O)NC(Cc1ccc(O)cc1)C(=O)NC(Cc1ccccc1)C(=O)O. The molecule has 4 aromatic rings. The van der Waals surface area contributed by atoms with E-state index in [1.165, 1.54) is 12.1 Å². The van der Waals surface area contributed by atoms with Crippen LogP contribution in [0.3, 0.4) is 0 Å². The van der Waals surface area contributed by atoms with Crippen molar-refractivity contribution in [3.05, 3.63) is 102 Å². The van der Waals surface area contributed by atoms with Crippen molar-refractivity contribution in [2.24, 2.45) is 22.2 Å². The Morgan fingerprint density at radius 1 is 0.735 bits per heavy atom. The highest BCUT2D eigenvalue weighted by atomic mass is 16.4. The molecule has 0 spiro atoms. The zero-order chi connectivity index (χ0) is 35.3. The smallest absolute Gasteiger partial charge is 0.326 e. The van der Waals surface area contributed by atoms with Crippen LogP contribution in [0.2, 0.25) is 0 Å². The van der Waals surface area contributed by atoms with E-state index in [1.807, 2.05) is 24.3 Å². The number of amides is 3. The van der Waals surface area contributed by atoms with Crippen molar-refractivity contribution >= 4 is 40.6 Å². The fourth-order valence-electron chi connectivity index (χ4n) is 5.33. The Kier molecular flexibility index (Phi) is 12.7. The number of nitrogens with two attached hydrogens (primary N) is 3. The molecule has 4 rings (SSSR count). The van der Waals surface area contributed by atoms with Gasteiger partial charge in [0.2, 0.25) is 17.7 Å². The average Bonchev–Trinajstić information content (AvgIpc) is 3.49. The number of phenolic OH excluding ortho intramolecular Hbond substituents is 1. The van der Waals surface area contributed by atoms with E-state index in [4.69, 9.17) is 17.2 Å². The molecule has 0 aliphatic carbocycles. The van der Waals surface area contributed by atoms with Crippen molar-refractivity contribution < 1.29 is 29.4 Å². The molecule has 0 saturated heterocycles. The van der Waals surface area contributed by atoms with Gasteiger partial charge >= 0.3 is 5.97 Å². The van der Waals surface area contributed by atoms with Crippen molar-refractivity contribution in [3.8, 4) is 5.75 Å². The Morgan fingerprint density at radius 3 is 1.98 bits per heavy atom. The van der Waals surface area contributed by atoms with Crippen LogP contribution in [0.1, 0.15) is 29.5 Å². The summed E-state index contributed by atoms with van der Waals surface area (Å²) in [5.41, 5.74) is 19.8. The van der Waals surface area contributed by atoms with Gasteiger partial charge in [-0.25, -0.2) is 4.79 Å². The number of aromatic nitrogens is 1. The normalized spacial score (nSPS) is 13.4. The van der Waals surface area contributed by atoms with Gasteiger partial charge in [-0.3, -0.25) is 19.4 Å². The van der Waals surface area contributed by atoms with Crippen molar-refractivity contribution in [2.75, 3.05) is 6.54 Å². The van der Waals surface area contributed by atoms with Crippen LogP contribution in [0.25, 0.3) is 10.9 Å². The third-order valence-corrected chi connectivity index (χ3v) is 7.94. The second kappa shape index (κ2) is 17.3. The molecule has 0 radical (unpaired) electrons. The van der Waals surface area contributed by atoms with E-state index < -0.39 is 47.9 Å². The molecule has 4 unspecified atom stereocenters. The van der Waals surface area contributed by atoms with E-state index in [2.05, 4.69) is 25.9 Å². The Bertz CT molecular complexity index is 1750. The standard InChI is InChI=1S/C35H42N8O6/c36-26(10-6-16-39-35(37)38)31(45)41-29(19-23-20-40-27-11-5-4-9-25(23)27)33(47)42-28(17-22-12-14-24(44)15-13-22)32(46)43-30(34(48)49)18-21-7-2-1-3-8-21/h1-5,7-9,11-15,20,26,28-30,40,44H,6,10,16-19,36H2,(H,41,45)(H,42,47)(H,43,46)(H,48,49)(H4,37,38,39). The van der Waals surface area contributed by atoms with Gasteiger partial charge in [-0.05, 0) is 47.7 Å². The molecule has 4 atom stereocenters. The predicted molar refractivity (Wildman–Crippen MR) is 185 cm³/mol. The van der Waals surface area contributed by atoms with Crippen molar-refractivity contribution in [3.63, 3.8) is 0 Å². The summed E-state index contributed by atoms with van der Waals surface area (Å²) in [4.78, 5) is 60.2. The van der Waals surface area contributed by atoms with Crippen LogP contribution < -0.4 is 33.2 Å². The van der Waals surface area contributed by atoms with E-state index in [1.54, 1.807) is 48.7 Å². The second-order valence-corrected chi connectivity index (χ2v) is 11.7. The van der Waals surface area contributed by atoms with Crippen LogP contribution in [0.4, 0.5) is 0 Å². The lowest BCUT2D eigenvalue weighted by atomic mass is 10.0. The predicted octanol–water partition coefficient (Wildman–Crippen LogP) is 0.821. The largest absolute Gasteiger partial charge is 0.508 e. The topological polar surface area (TPSA) is 251 Å². The van der Waals surface area contributed by atoms with E-state index in [9.17, 15) is 29.4 Å². The van der Waals surface area contributed by atoms with Gasteiger partial charge < -0.3 is 48.3 Å². The molecule has 0 aliphatic heterocycles. The molecule has 0 saturated carbocycles. The lowest BCUT2D eigenvalue weighted by Crippen LogP contribution is -2.58. The lowest BCUT2D eigenvalue weighted by Gasteiger charge is -2.25. The molecule has 3 aromatic carbocycles. The van der Waals surface area contributed by atoms with E-state index in [-0.39, 0.29) is 43.9 Å². The summed E-state index contributed by atoms with van der Waals surface area (Å²) in [7, 11) is 0. The summed E-state index contributed by atoms with van der Waals surface area (Å²) in [6, 6.07) is 17.7. The van der Waals surface area contributed by atoms with Crippen molar-refractivity contribution in [1.82, 2.24) is 20.9 Å². The molecular weight excluding hydrogens is 628 g/mol. The average molecular weight is 671 g/mol. The summed E-state index contributed by atoms with van der Waals surface area (Å²) in [5, 5.41) is 28.6. The number of hydrogen-bond acceptors (Lipinski definition) is 7. The number of aliphatic carboxylic acids is 1. The third kappa shape index (κ3) is 10.8. The van der Waals surface area contributed by atoms with Crippen LogP contribution in [0.5, 0.6) is 5.75 Å². The van der Waals surface area contributed by atoms with Gasteiger partial charge in [0.15, 0.2) is 5.96 Å². The first-order valence-corrected chi connectivity index (χ1v) is 15.8. The molecule has 1 aromatic heterocycles. The number of aliphatic imine (C=N–C) groups is 1. The van der Waals surface area contributed by atoms with E-state index in [0.717, 1.165) is 16.5 Å². The van der Waals surface area contributed by atoms with Crippen LogP contribution in [0, 0.1) is 0 Å². The molecule has 49 heavy (non-hydrogen) atoms. The van der Waals surface area contributed by atoms with E-state index >= 15 is 0 Å². The number of guanidine groups is 1. The van der Waals surface area contributed by atoms with Crippen LogP contribution in [-0.2, 0) is 38.4 Å². The van der Waals surface area contributed by atoms with Gasteiger partial charge in [0.25, 0.3) is 0 Å². The van der Waals surface area contributed by atoms with Gasteiger partial charge in [0, 0.05) is 42.9 Å². The highest BCUT2D eigenvalue weighted by Crippen LogP contribution is 2.20. The zero-order valence-electron chi connectivity index (χ0n) is 26.8. The second-order valence-electron chi connectivity index (χ2n) is 11.7. The number of para-hydroxylation sites is 1. The fraction of sp³-hybridized carbons (Fsp3) is 0.286. The highest BCUT2D eigenvalue weighted by Gasteiger charge is 2.31. The number of aromatic amines is 1. The summed E-state index contributed by atoms with van der Waals surface area (Å²) in [6.07, 6.45) is 2.45. The Hall–Kier alpha value is -5.89. The summed E-state index contributed by atoms with van der Waals surface area (Å²) < 4.78 is 0. The van der Waals surface area contributed by atoms with Gasteiger partial charge in [0.1, 0.15) is 23.9 Å². The number of rotatable bonds is 17. The van der Waals surface area contributed by atoms with Crippen LogP contribution in [0.15, 0.2) is 90.1 Å². The molecule has 14 nitrogen and oxygen atoms in total. The number of carbonyl (C=O) groups excluding carboxylic acids is 3. The van der Waals surface area contributed by atoms with Crippen LogP contribution in [-0.4, -0.2) is 75.6 Å². The first-order chi connectivity index (χ1) is 23.5. The van der Waals surface area contributed by atoms with Gasteiger partial charge in [-0.15, -0.1) is 0 Å². The number of H-pyrrole nitrogens is 1. The number of aromatic hydroxyl groups is 1. The molecule has 14 heteroatoms. The minimum absolute atomic E-state index is 0.0127. The number of nitrogens with one attached hydrogen (secondary N) is 4. The lowest BCUT2D eigenvalue weighted by molar-refractivity contribution is -0.142. The summed E-state index contributed by atoms with van der Waals surface area (Å²) >= 11 is 0. The molecule has 3 amide bonds. The van der Waals surface area contributed by atoms with Crippen molar-refractivity contribution in [1.29, 1.82) is 0 Å². The third-order valence-electron chi connectivity index (χ3n) is 7.94. The van der Waals surface area contributed by atoms with E-state index in [0.29, 0.717) is 17.5 Å². The van der Waals surface area contributed by atoms with Crippen LogP contribution >= 0.6 is 0 Å². The first-order valence-electron chi connectivity index (χ1n) is 15.8. The van der Waals surface area contributed by atoms with Gasteiger partial charge in [-0.1, -0.05) is 60.7 Å². The molecule has 0 bridgehead atoms.